The second-order valence-corrected chi connectivity index (χ2v) is 2.26. The van der Waals surface area contributed by atoms with Crippen LogP contribution in [0.2, 0.25) is 0 Å². The number of hydrogen-bond donors (Lipinski definition) is 1. The van der Waals surface area contributed by atoms with Gasteiger partial charge in [-0.2, -0.15) is 0 Å². The normalized spacial score (nSPS) is 14.2. The van der Waals surface area contributed by atoms with Crippen molar-refractivity contribution in [2.45, 2.75) is 0 Å². The Kier molecular flexibility index (Phi) is 4.21. The van der Waals surface area contributed by atoms with E-state index in [9.17, 15) is 9.59 Å². The SMILES string of the molecule is CN(C)C(N)=O.O=C1COC1. The van der Waals surface area contributed by atoms with Crippen LogP contribution in [0.15, 0.2) is 0 Å². The molecule has 64 valence electrons. The molecular formula is C6H12N2O3. The Hall–Kier alpha value is -1.10. The molecule has 0 aromatic rings. The highest BCUT2D eigenvalue weighted by atomic mass is 16.5. The van der Waals surface area contributed by atoms with Gasteiger partial charge in [-0.3, -0.25) is 4.79 Å². The minimum absolute atomic E-state index is 0.213. The Bertz CT molecular complexity index is 150. The Morgan fingerprint density at radius 3 is 1.82 bits per heavy atom. The highest BCUT2D eigenvalue weighted by molar-refractivity contribution is 5.84. The summed E-state index contributed by atoms with van der Waals surface area (Å²) in [7, 11) is 3.20. The standard InChI is InChI=1S/C3H8N2O.C3H4O2/c1-5(2)3(4)6;4-3-1-5-2-3/h1-2H3,(H2,4,6);1-2H2. The summed E-state index contributed by atoms with van der Waals surface area (Å²) in [5, 5.41) is 0. The number of Topliss-reactive ketones (excluding diaryl/α,β-unsaturated/α-hetero) is 1. The number of urea groups is 1. The fourth-order valence-corrected chi connectivity index (χ4v) is 0.185. The summed E-state index contributed by atoms with van der Waals surface area (Å²) in [6.45, 7) is 0.694. The highest BCUT2D eigenvalue weighted by Crippen LogP contribution is 1.88. The minimum Gasteiger partial charge on any atom is -0.366 e. The first-order chi connectivity index (χ1) is 5.04. The first-order valence-electron chi connectivity index (χ1n) is 3.10. The third-order valence-electron chi connectivity index (χ3n) is 0.967. The van der Waals surface area contributed by atoms with Crippen molar-refractivity contribution in [1.82, 2.24) is 4.90 Å². The van der Waals surface area contributed by atoms with Gasteiger partial charge < -0.3 is 15.4 Å². The van der Waals surface area contributed by atoms with Crippen molar-refractivity contribution in [3.8, 4) is 0 Å². The molecule has 0 radical (unpaired) electrons. The van der Waals surface area contributed by atoms with Crippen LogP contribution in [0.25, 0.3) is 0 Å². The average molecular weight is 160 g/mol. The van der Waals surface area contributed by atoms with E-state index in [1.54, 1.807) is 14.1 Å². The molecule has 1 saturated heterocycles. The number of hydrogen-bond acceptors (Lipinski definition) is 3. The molecule has 5 heteroatoms. The van der Waals surface area contributed by atoms with Gasteiger partial charge in [0, 0.05) is 14.1 Å². The molecule has 5 nitrogen and oxygen atoms in total. The van der Waals surface area contributed by atoms with Gasteiger partial charge in [0.2, 0.25) is 0 Å². The lowest BCUT2D eigenvalue weighted by Crippen LogP contribution is -2.27. The second kappa shape index (κ2) is 4.68. The molecule has 0 aromatic carbocycles. The van der Waals surface area contributed by atoms with Crippen molar-refractivity contribution < 1.29 is 14.3 Å². The Balaban J connectivity index is 0.000000183. The Morgan fingerprint density at radius 1 is 1.55 bits per heavy atom. The zero-order chi connectivity index (χ0) is 8.85. The average Bonchev–Trinajstić information content (AvgIpc) is 1.85. The van der Waals surface area contributed by atoms with Crippen LogP contribution in [-0.2, 0) is 9.53 Å². The van der Waals surface area contributed by atoms with Gasteiger partial charge in [-0.1, -0.05) is 0 Å². The first kappa shape index (κ1) is 9.90. The summed E-state index contributed by atoms with van der Waals surface area (Å²) in [6, 6.07) is -0.407. The summed E-state index contributed by atoms with van der Waals surface area (Å²) in [5.74, 6) is 0.213. The highest BCUT2D eigenvalue weighted by Gasteiger charge is 2.10. The van der Waals surface area contributed by atoms with Gasteiger partial charge in [0.15, 0.2) is 5.78 Å². The molecule has 1 heterocycles. The zero-order valence-electron chi connectivity index (χ0n) is 6.66. The number of nitrogens with two attached hydrogens (primary N) is 1. The predicted molar refractivity (Wildman–Crippen MR) is 39.1 cm³/mol. The van der Waals surface area contributed by atoms with Gasteiger partial charge in [0.1, 0.15) is 13.2 Å². The fourth-order valence-electron chi connectivity index (χ4n) is 0.185. The molecule has 2 amide bonds. The van der Waals surface area contributed by atoms with Crippen LogP contribution in [0.1, 0.15) is 0 Å². The van der Waals surface area contributed by atoms with Gasteiger partial charge >= 0.3 is 6.03 Å². The van der Waals surface area contributed by atoms with E-state index >= 15 is 0 Å². The molecule has 0 saturated carbocycles. The van der Waals surface area contributed by atoms with E-state index in [-0.39, 0.29) is 5.78 Å². The molecule has 0 bridgehead atoms. The molecule has 1 rings (SSSR count). The third-order valence-corrected chi connectivity index (χ3v) is 0.967. The van der Waals surface area contributed by atoms with Gasteiger partial charge in [0.05, 0.1) is 0 Å². The Morgan fingerprint density at radius 2 is 1.82 bits per heavy atom. The number of rotatable bonds is 0. The molecule has 0 unspecified atom stereocenters. The molecule has 0 aliphatic carbocycles. The molecule has 0 atom stereocenters. The number of carbonyl (C=O) groups is 2. The van der Waals surface area contributed by atoms with E-state index in [0.29, 0.717) is 13.2 Å². The summed E-state index contributed by atoms with van der Waals surface area (Å²) < 4.78 is 4.48. The molecular weight excluding hydrogens is 148 g/mol. The van der Waals surface area contributed by atoms with E-state index in [2.05, 4.69) is 4.74 Å². The zero-order valence-corrected chi connectivity index (χ0v) is 6.66. The van der Waals surface area contributed by atoms with Crippen molar-refractivity contribution in [3.05, 3.63) is 0 Å². The smallest absolute Gasteiger partial charge is 0.314 e. The van der Waals surface area contributed by atoms with E-state index in [4.69, 9.17) is 5.73 Å². The summed E-state index contributed by atoms with van der Waals surface area (Å²) >= 11 is 0. The van der Waals surface area contributed by atoms with Crippen molar-refractivity contribution in [1.29, 1.82) is 0 Å². The van der Waals surface area contributed by atoms with Crippen LogP contribution in [0, 0.1) is 0 Å². The van der Waals surface area contributed by atoms with Crippen LogP contribution in [0.5, 0.6) is 0 Å². The molecule has 1 fully saturated rings. The molecule has 0 aromatic heterocycles. The van der Waals surface area contributed by atoms with Gasteiger partial charge in [-0.25, -0.2) is 4.79 Å². The lowest BCUT2D eigenvalue weighted by Gasteiger charge is -2.07. The van der Waals surface area contributed by atoms with Crippen molar-refractivity contribution in [3.63, 3.8) is 0 Å². The summed E-state index contributed by atoms with van der Waals surface area (Å²) in [5.41, 5.74) is 4.72. The largest absolute Gasteiger partial charge is 0.366 e. The van der Waals surface area contributed by atoms with Crippen LogP contribution in [0.3, 0.4) is 0 Å². The molecule has 0 spiro atoms. The summed E-state index contributed by atoms with van der Waals surface area (Å²) in [4.78, 5) is 20.9. The molecule has 11 heavy (non-hydrogen) atoms. The van der Waals surface area contributed by atoms with Crippen LogP contribution < -0.4 is 5.73 Å². The van der Waals surface area contributed by atoms with E-state index in [1.807, 2.05) is 0 Å². The van der Waals surface area contributed by atoms with Gasteiger partial charge in [0.25, 0.3) is 0 Å². The minimum atomic E-state index is -0.407. The number of primary amides is 1. The maximum absolute atomic E-state index is 9.85. The molecule has 1 aliphatic heterocycles. The predicted octanol–water partition coefficient (Wildman–Crippen LogP) is -0.788. The third kappa shape index (κ3) is 5.35. The topological polar surface area (TPSA) is 72.6 Å². The van der Waals surface area contributed by atoms with Crippen molar-refractivity contribution in [2.24, 2.45) is 5.73 Å². The number of carbonyl (C=O) groups excluding carboxylic acids is 2. The van der Waals surface area contributed by atoms with Crippen molar-refractivity contribution in [2.75, 3.05) is 27.3 Å². The van der Waals surface area contributed by atoms with E-state index < -0.39 is 6.03 Å². The lowest BCUT2D eigenvalue weighted by molar-refractivity contribution is -0.140. The first-order valence-corrected chi connectivity index (χ1v) is 3.10. The molecule has 2 N–H and O–H groups in total. The van der Waals surface area contributed by atoms with Gasteiger partial charge in [-0.05, 0) is 0 Å². The second-order valence-electron chi connectivity index (χ2n) is 2.26. The maximum Gasteiger partial charge on any atom is 0.314 e. The molecule has 1 aliphatic rings. The van der Waals surface area contributed by atoms with E-state index in [1.165, 1.54) is 4.90 Å². The lowest BCUT2D eigenvalue weighted by atomic mass is 10.4. The number of amides is 2. The van der Waals surface area contributed by atoms with Gasteiger partial charge in [-0.15, -0.1) is 0 Å². The quantitative estimate of drug-likeness (QED) is 0.505. The van der Waals surface area contributed by atoms with E-state index in [0.717, 1.165) is 0 Å². The monoisotopic (exact) mass is 160 g/mol. The number of nitrogens with zero attached hydrogens (tertiary/aromatic N) is 1. The summed E-state index contributed by atoms with van der Waals surface area (Å²) in [6.07, 6.45) is 0. The number of ketones is 1. The number of ether oxygens (including phenoxy) is 1. The van der Waals surface area contributed by atoms with Crippen LogP contribution in [0.4, 0.5) is 4.79 Å². The maximum atomic E-state index is 9.85. The fraction of sp³-hybridized carbons (Fsp3) is 0.667. The van der Waals surface area contributed by atoms with Crippen LogP contribution >= 0.6 is 0 Å². The Labute approximate surface area is 65.1 Å². The van der Waals surface area contributed by atoms with Crippen LogP contribution in [-0.4, -0.2) is 44.0 Å². The van der Waals surface area contributed by atoms with Crippen molar-refractivity contribution >= 4 is 11.8 Å².